The third-order valence-corrected chi connectivity index (χ3v) is 2.86. The quantitative estimate of drug-likeness (QED) is 0.872. The Morgan fingerprint density at radius 2 is 2.18 bits per heavy atom. The molecular formula is C13H26N4. The Kier molecular flexibility index (Phi) is 6.22. The smallest absolute Gasteiger partial charge is 0.0534 e. The van der Waals surface area contributed by atoms with Gasteiger partial charge in [0.25, 0.3) is 0 Å². The second-order valence-corrected chi connectivity index (χ2v) is 4.90. The average Bonchev–Trinajstić information content (AvgIpc) is 2.90. The van der Waals surface area contributed by atoms with Gasteiger partial charge in [0, 0.05) is 31.4 Å². The summed E-state index contributed by atoms with van der Waals surface area (Å²) in [6.45, 7) is 8.28. The van der Waals surface area contributed by atoms with Crippen molar-refractivity contribution >= 4 is 0 Å². The Hall–Kier alpha value is -0.870. The van der Waals surface area contributed by atoms with Gasteiger partial charge in [0.15, 0.2) is 0 Å². The zero-order valence-electron chi connectivity index (χ0n) is 11.4. The van der Waals surface area contributed by atoms with E-state index in [1.807, 2.05) is 10.9 Å². The number of nitrogens with zero attached hydrogens (tertiary/aromatic N) is 3. The summed E-state index contributed by atoms with van der Waals surface area (Å²) >= 11 is 0. The van der Waals surface area contributed by atoms with Gasteiger partial charge in [-0.3, -0.25) is 4.68 Å². The van der Waals surface area contributed by atoms with Crippen molar-refractivity contribution in [3.8, 4) is 0 Å². The van der Waals surface area contributed by atoms with Gasteiger partial charge in [-0.1, -0.05) is 20.3 Å². The van der Waals surface area contributed by atoms with Crippen LogP contribution in [0.15, 0.2) is 12.4 Å². The fourth-order valence-electron chi connectivity index (χ4n) is 2.05. The van der Waals surface area contributed by atoms with E-state index in [1.165, 1.54) is 25.9 Å². The molecule has 4 heteroatoms. The molecule has 0 saturated carbocycles. The normalized spacial score (nSPS) is 20.1. The Morgan fingerprint density at radius 3 is 2.65 bits per heavy atom. The molecule has 0 aliphatic carbocycles. The van der Waals surface area contributed by atoms with Gasteiger partial charge in [0.1, 0.15) is 0 Å². The minimum absolute atomic E-state index is 0.588. The van der Waals surface area contributed by atoms with Crippen molar-refractivity contribution in [3.05, 3.63) is 18.0 Å². The fraction of sp³-hybridized carbons (Fsp3) is 0.769. The number of likely N-dealkylation sites (tertiary alicyclic amines) is 1. The topological polar surface area (TPSA) is 47.1 Å². The monoisotopic (exact) mass is 238 g/mol. The van der Waals surface area contributed by atoms with E-state index in [4.69, 9.17) is 5.73 Å². The maximum atomic E-state index is 5.53. The lowest BCUT2D eigenvalue weighted by atomic mass is 10.1. The molecule has 0 radical (unpaired) electrons. The minimum atomic E-state index is 0.588. The second-order valence-electron chi connectivity index (χ2n) is 4.90. The van der Waals surface area contributed by atoms with Crippen LogP contribution in [0.25, 0.3) is 0 Å². The molecule has 0 spiro atoms. The first-order valence-corrected chi connectivity index (χ1v) is 6.59. The highest BCUT2D eigenvalue weighted by molar-refractivity contribution is 5.02. The molecule has 17 heavy (non-hydrogen) atoms. The Balaban J connectivity index is 0.000000437. The standard InChI is InChI=1S/C10H18N4.C3H8/c1-13-3-2-9(6-13)7-14-8-10(4-11)5-12-14;1-3-2/h5,8-9H,2-4,6-7,11H2,1H3;3H2,1-2H3. The van der Waals surface area contributed by atoms with Crippen LogP contribution in [0.2, 0.25) is 0 Å². The van der Waals surface area contributed by atoms with Gasteiger partial charge in [0.2, 0.25) is 0 Å². The van der Waals surface area contributed by atoms with E-state index >= 15 is 0 Å². The van der Waals surface area contributed by atoms with Crippen molar-refractivity contribution in [1.29, 1.82) is 0 Å². The Morgan fingerprint density at radius 1 is 1.47 bits per heavy atom. The number of nitrogens with two attached hydrogens (primary N) is 1. The van der Waals surface area contributed by atoms with Crippen molar-refractivity contribution < 1.29 is 0 Å². The molecule has 98 valence electrons. The molecule has 2 N–H and O–H groups in total. The Labute approximate surface area is 105 Å². The fourth-order valence-corrected chi connectivity index (χ4v) is 2.05. The average molecular weight is 238 g/mol. The van der Waals surface area contributed by atoms with Gasteiger partial charge in [-0.2, -0.15) is 5.10 Å². The van der Waals surface area contributed by atoms with Crippen molar-refractivity contribution in [1.82, 2.24) is 14.7 Å². The molecule has 1 aromatic heterocycles. The summed E-state index contributed by atoms with van der Waals surface area (Å²) in [4.78, 5) is 2.37. The van der Waals surface area contributed by atoms with E-state index in [-0.39, 0.29) is 0 Å². The molecule has 4 nitrogen and oxygen atoms in total. The third-order valence-electron chi connectivity index (χ3n) is 2.86. The highest BCUT2D eigenvalue weighted by Gasteiger charge is 2.19. The molecule has 0 aromatic carbocycles. The lowest BCUT2D eigenvalue weighted by Crippen LogP contribution is -2.17. The summed E-state index contributed by atoms with van der Waals surface area (Å²) in [5, 5.41) is 4.29. The number of aromatic nitrogens is 2. The van der Waals surface area contributed by atoms with Crippen molar-refractivity contribution in [2.75, 3.05) is 20.1 Å². The molecule has 1 atom stereocenters. The molecule has 1 aliphatic heterocycles. The summed E-state index contributed by atoms with van der Waals surface area (Å²) in [7, 11) is 2.18. The van der Waals surface area contributed by atoms with Gasteiger partial charge in [-0.05, 0) is 25.9 Å². The largest absolute Gasteiger partial charge is 0.326 e. The Bertz CT molecular complexity index is 308. The molecule has 2 heterocycles. The zero-order chi connectivity index (χ0) is 12.7. The van der Waals surface area contributed by atoms with Crippen molar-refractivity contribution in [3.63, 3.8) is 0 Å². The van der Waals surface area contributed by atoms with E-state index in [2.05, 4.69) is 37.1 Å². The molecule has 1 fully saturated rings. The zero-order valence-corrected chi connectivity index (χ0v) is 11.4. The van der Waals surface area contributed by atoms with Crippen LogP contribution in [-0.4, -0.2) is 34.8 Å². The number of rotatable bonds is 3. The second kappa shape index (κ2) is 7.45. The summed E-state index contributed by atoms with van der Waals surface area (Å²) in [6, 6.07) is 0. The van der Waals surface area contributed by atoms with Crippen LogP contribution in [0, 0.1) is 5.92 Å². The first-order valence-electron chi connectivity index (χ1n) is 6.59. The summed E-state index contributed by atoms with van der Waals surface area (Å²) < 4.78 is 2.02. The SMILES string of the molecule is CCC.CN1CCC(Cn2cc(CN)cn2)C1. The van der Waals surface area contributed by atoms with Crippen LogP contribution >= 0.6 is 0 Å². The molecular weight excluding hydrogens is 212 g/mol. The maximum Gasteiger partial charge on any atom is 0.0534 e. The van der Waals surface area contributed by atoms with E-state index in [9.17, 15) is 0 Å². The molecule has 1 unspecified atom stereocenters. The van der Waals surface area contributed by atoms with Crippen LogP contribution in [0.1, 0.15) is 32.3 Å². The predicted octanol–water partition coefficient (Wildman–Crippen LogP) is 1.71. The van der Waals surface area contributed by atoms with E-state index in [0.29, 0.717) is 6.54 Å². The van der Waals surface area contributed by atoms with Gasteiger partial charge < -0.3 is 10.6 Å². The van der Waals surface area contributed by atoms with E-state index in [1.54, 1.807) is 0 Å². The summed E-state index contributed by atoms with van der Waals surface area (Å²) in [5.41, 5.74) is 6.65. The third kappa shape index (κ3) is 4.88. The van der Waals surface area contributed by atoms with Gasteiger partial charge in [-0.15, -0.1) is 0 Å². The summed E-state index contributed by atoms with van der Waals surface area (Å²) in [5.74, 6) is 0.755. The molecule has 0 amide bonds. The first-order chi connectivity index (χ1) is 8.19. The van der Waals surface area contributed by atoms with Crippen LogP contribution in [0.5, 0.6) is 0 Å². The first kappa shape index (κ1) is 14.2. The molecule has 0 bridgehead atoms. The van der Waals surface area contributed by atoms with E-state index in [0.717, 1.165) is 18.0 Å². The lowest BCUT2D eigenvalue weighted by Gasteiger charge is -2.09. The number of hydrogen-bond acceptors (Lipinski definition) is 3. The van der Waals surface area contributed by atoms with Gasteiger partial charge >= 0.3 is 0 Å². The van der Waals surface area contributed by atoms with Crippen LogP contribution in [0.3, 0.4) is 0 Å². The highest BCUT2D eigenvalue weighted by Crippen LogP contribution is 2.16. The molecule has 1 aromatic rings. The van der Waals surface area contributed by atoms with Crippen molar-refractivity contribution in [2.24, 2.45) is 11.7 Å². The minimum Gasteiger partial charge on any atom is -0.326 e. The lowest BCUT2D eigenvalue weighted by molar-refractivity contribution is 0.370. The highest BCUT2D eigenvalue weighted by atomic mass is 15.3. The van der Waals surface area contributed by atoms with E-state index < -0.39 is 0 Å². The maximum absolute atomic E-state index is 5.53. The van der Waals surface area contributed by atoms with Crippen LogP contribution in [-0.2, 0) is 13.1 Å². The number of hydrogen-bond donors (Lipinski definition) is 1. The van der Waals surface area contributed by atoms with Crippen LogP contribution < -0.4 is 5.73 Å². The predicted molar refractivity (Wildman–Crippen MR) is 71.7 cm³/mol. The van der Waals surface area contributed by atoms with Gasteiger partial charge in [0.05, 0.1) is 6.20 Å². The van der Waals surface area contributed by atoms with Gasteiger partial charge in [-0.25, -0.2) is 0 Å². The van der Waals surface area contributed by atoms with Crippen molar-refractivity contribution in [2.45, 2.75) is 39.8 Å². The molecule has 2 rings (SSSR count). The molecule has 1 saturated heterocycles. The summed E-state index contributed by atoms with van der Waals surface area (Å²) in [6.07, 6.45) is 6.45. The van der Waals surface area contributed by atoms with Crippen LogP contribution in [0.4, 0.5) is 0 Å². The molecule has 1 aliphatic rings.